The summed E-state index contributed by atoms with van der Waals surface area (Å²) in [6.45, 7) is 3.33. The quantitative estimate of drug-likeness (QED) is 0.214. The lowest BCUT2D eigenvalue weighted by molar-refractivity contribution is -0.120. The molecule has 0 rings (SSSR count). The number of amides is 1. The highest BCUT2D eigenvalue weighted by atomic mass is 16.2. The largest absolute Gasteiger partial charge is 0.294 e. The van der Waals surface area contributed by atoms with Crippen molar-refractivity contribution in [3.63, 3.8) is 0 Å². The lowest BCUT2D eigenvalue weighted by Crippen LogP contribution is -2.29. The molecule has 3 nitrogen and oxygen atoms in total. The smallest absolute Gasteiger partial charge is 0.237 e. The van der Waals surface area contributed by atoms with Gasteiger partial charge in [-0.3, -0.25) is 10.2 Å². The van der Waals surface area contributed by atoms with Crippen LogP contribution in [0.1, 0.15) is 6.42 Å². The normalized spacial score (nSPS) is 7.57. The van der Waals surface area contributed by atoms with Crippen molar-refractivity contribution in [2.24, 2.45) is 5.84 Å². The number of nitrogens with two attached hydrogens (primary N) is 1. The molecule has 0 aliphatic rings. The third kappa shape index (κ3) is 2.99. The van der Waals surface area contributed by atoms with Crippen molar-refractivity contribution in [1.82, 2.24) is 5.43 Å². The SMILES string of the molecule is C=CCC(=O)NN. The molecule has 0 aliphatic heterocycles. The molecule has 0 radical (unpaired) electrons. The van der Waals surface area contributed by atoms with Gasteiger partial charge in [-0.2, -0.15) is 0 Å². The summed E-state index contributed by atoms with van der Waals surface area (Å²) in [5.74, 6) is 4.50. The number of hydrogen-bond acceptors (Lipinski definition) is 2. The van der Waals surface area contributed by atoms with Gasteiger partial charge in [-0.1, -0.05) is 6.08 Å². The van der Waals surface area contributed by atoms with E-state index in [1.165, 1.54) is 6.08 Å². The number of hydrogen-bond donors (Lipinski definition) is 2. The number of nitrogens with one attached hydrogen (secondary N) is 1. The molecular formula is C4H8N2O. The Kier molecular flexibility index (Phi) is 2.96. The third-order valence-corrected chi connectivity index (χ3v) is 0.491. The fraction of sp³-hybridized carbons (Fsp3) is 0.250. The standard InChI is InChI=1S/C4H8N2O/c1-2-3-4(7)6-5/h2H,1,3,5H2,(H,6,7). The first-order valence-electron chi connectivity index (χ1n) is 1.91. The van der Waals surface area contributed by atoms with Crippen LogP contribution >= 0.6 is 0 Å². The van der Waals surface area contributed by atoms with Gasteiger partial charge in [0, 0.05) is 6.42 Å². The lowest BCUT2D eigenvalue weighted by Gasteiger charge is -1.88. The molecule has 40 valence electrons. The summed E-state index contributed by atoms with van der Waals surface area (Å²) >= 11 is 0. The topological polar surface area (TPSA) is 55.1 Å². The minimum absolute atomic E-state index is 0.213. The second-order valence-electron chi connectivity index (χ2n) is 1.06. The predicted molar refractivity (Wildman–Crippen MR) is 27.1 cm³/mol. The average molecular weight is 100 g/mol. The van der Waals surface area contributed by atoms with Gasteiger partial charge in [0.25, 0.3) is 0 Å². The molecule has 0 unspecified atom stereocenters. The van der Waals surface area contributed by atoms with Crippen molar-refractivity contribution in [3.8, 4) is 0 Å². The first-order valence-corrected chi connectivity index (χ1v) is 1.91. The number of carbonyl (C=O) groups is 1. The monoisotopic (exact) mass is 100 g/mol. The van der Waals surface area contributed by atoms with Crippen LogP contribution < -0.4 is 11.3 Å². The van der Waals surface area contributed by atoms with Gasteiger partial charge in [0.2, 0.25) is 5.91 Å². The molecule has 0 heterocycles. The van der Waals surface area contributed by atoms with E-state index in [1.807, 2.05) is 5.43 Å². The number of rotatable bonds is 2. The van der Waals surface area contributed by atoms with Crippen LogP contribution in [0.5, 0.6) is 0 Å². The molecule has 0 saturated carbocycles. The molecule has 0 aromatic rings. The molecule has 0 bridgehead atoms. The molecule has 0 fully saturated rings. The fourth-order valence-electron chi connectivity index (χ4n) is 0.190. The Bertz CT molecular complexity index is 79.8. The molecule has 3 heteroatoms. The van der Waals surface area contributed by atoms with Crippen LogP contribution in [0.4, 0.5) is 0 Å². The summed E-state index contributed by atoms with van der Waals surface area (Å²) in [6.07, 6.45) is 1.78. The van der Waals surface area contributed by atoms with Gasteiger partial charge in [-0.15, -0.1) is 6.58 Å². The Morgan fingerprint density at radius 1 is 2.00 bits per heavy atom. The minimum Gasteiger partial charge on any atom is -0.294 e. The first-order chi connectivity index (χ1) is 3.31. The maximum absolute atomic E-state index is 10.1. The Hall–Kier alpha value is -0.830. The first kappa shape index (κ1) is 6.17. The zero-order valence-corrected chi connectivity index (χ0v) is 3.98. The van der Waals surface area contributed by atoms with Crippen molar-refractivity contribution in [2.45, 2.75) is 6.42 Å². The van der Waals surface area contributed by atoms with E-state index in [1.54, 1.807) is 0 Å². The van der Waals surface area contributed by atoms with Crippen molar-refractivity contribution >= 4 is 5.91 Å². The fourth-order valence-corrected chi connectivity index (χ4v) is 0.190. The summed E-state index contributed by atoms with van der Waals surface area (Å²) < 4.78 is 0. The summed E-state index contributed by atoms with van der Waals surface area (Å²) in [4.78, 5) is 10.1. The molecule has 0 spiro atoms. The van der Waals surface area contributed by atoms with Gasteiger partial charge < -0.3 is 0 Å². The van der Waals surface area contributed by atoms with E-state index < -0.39 is 0 Å². The van der Waals surface area contributed by atoms with E-state index in [9.17, 15) is 4.79 Å². The molecule has 0 aromatic carbocycles. The van der Waals surface area contributed by atoms with Crippen molar-refractivity contribution in [2.75, 3.05) is 0 Å². The van der Waals surface area contributed by atoms with E-state index in [2.05, 4.69) is 6.58 Å². The zero-order valence-electron chi connectivity index (χ0n) is 3.98. The summed E-state index contributed by atoms with van der Waals surface area (Å²) in [5.41, 5.74) is 1.96. The van der Waals surface area contributed by atoms with E-state index in [-0.39, 0.29) is 12.3 Å². The molecule has 0 atom stereocenters. The third-order valence-electron chi connectivity index (χ3n) is 0.491. The van der Waals surface area contributed by atoms with Crippen LogP contribution in [0.3, 0.4) is 0 Å². The van der Waals surface area contributed by atoms with Crippen LogP contribution in [-0.4, -0.2) is 5.91 Å². The van der Waals surface area contributed by atoms with E-state index >= 15 is 0 Å². The highest BCUT2D eigenvalue weighted by molar-refractivity contribution is 5.76. The molecule has 0 aromatic heterocycles. The van der Waals surface area contributed by atoms with Crippen molar-refractivity contribution in [1.29, 1.82) is 0 Å². The highest BCUT2D eigenvalue weighted by Gasteiger charge is 1.87. The van der Waals surface area contributed by atoms with Crippen LogP contribution in [0.15, 0.2) is 12.7 Å². The van der Waals surface area contributed by atoms with Gasteiger partial charge in [0.05, 0.1) is 0 Å². The Morgan fingerprint density at radius 2 is 2.57 bits per heavy atom. The summed E-state index contributed by atoms with van der Waals surface area (Å²) in [5, 5.41) is 0. The second kappa shape index (κ2) is 3.36. The molecule has 7 heavy (non-hydrogen) atoms. The summed E-state index contributed by atoms with van der Waals surface area (Å²) in [6, 6.07) is 0. The van der Waals surface area contributed by atoms with Gasteiger partial charge in [0.15, 0.2) is 0 Å². The van der Waals surface area contributed by atoms with Gasteiger partial charge in [-0.25, -0.2) is 5.84 Å². The molecule has 3 N–H and O–H groups in total. The molecule has 1 amide bonds. The van der Waals surface area contributed by atoms with Crippen LogP contribution in [0.25, 0.3) is 0 Å². The van der Waals surface area contributed by atoms with Crippen molar-refractivity contribution in [3.05, 3.63) is 12.7 Å². The van der Waals surface area contributed by atoms with Crippen molar-refractivity contribution < 1.29 is 4.79 Å². The minimum atomic E-state index is -0.213. The van der Waals surface area contributed by atoms with E-state index in [0.29, 0.717) is 0 Å². The zero-order chi connectivity index (χ0) is 5.70. The van der Waals surface area contributed by atoms with Gasteiger partial charge in [-0.05, 0) is 0 Å². The number of carbonyl (C=O) groups excluding carboxylic acids is 1. The average Bonchev–Trinajstić information content (AvgIpc) is 1.68. The van der Waals surface area contributed by atoms with Crippen LogP contribution in [-0.2, 0) is 4.79 Å². The number of hydrazine groups is 1. The Labute approximate surface area is 42.2 Å². The highest BCUT2D eigenvalue weighted by Crippen LogP contribution is 1.73. The predicted octanol–water partition coefficient (Wildman–Crippen LogP) is -0.448. The molecule has 0 aliphatic carbocycles. The van der Waals surface area contributed by atoms with Gasteiger partial charge in [0.1, 0.15) is 0 Å². The van der Waals surface area contributed by atoms with Crippen LogP contribution in [0, 0.1) is 0 Å². The van der Waals surface area contributed by atoms with E-state index in [0.717, 1.165) is 0 Å². The maximum Gasteiger partial charge on any atom is 0.237 e. The van der Waals surface area contributed by atoms with E-state index in [4.69, 9.17) is 5.84 Å². The Balaban J connectivity index is 3.17. The molecule has 0 saturated heterocycles. The lowest BCUT2D eigenvalue weighted by atomic mass is 10.4. The molecular weight excluding hydrogens is 92.1 g/mol. The Morgan fingerprint density at radius 3 is 2.71 bits per heavy atom. The van der Waals surface area contributed by atoms with Gasteiger partial charge >= 0.3 is 0 Å². The van der Waals surface area contributed by atoms with Crippen LogP contribution in [0.2, 0.25) is 0 Å². The summed E-state index contributed by atoms with van der Waals surface area (Å²) in [7, 11) is 0. The second-order valence-corrected chi connectivity index (χ2v) is 1.06. The maximum atomic E-state index is 10.1.